The van der Waals surface area contributed by atoms with Crippen LogP contribution in [0.5, 0.6) is 0 Å². The summed E-state index contributed by atoms with van der Waals surface area (Å²) in [6.45, 7) is 4.41. The molecular weight excluding hydrogens is 224 g/mol. The standard InChI is InChI=1S/C13H19ClO2/c1-3-12(14)13(2,15)10-16-9-11-7-5-4-6-8-11/h4-8,12,15H,3,9-10H2,1-2H3/t12-,13+/m1/s1. The van der Waals surface area contributed by atoms with Crippen molar-refractivity contribution < 1.29 is 9.84 Å². The van der Waals surface area contributed by atoms with Crippen molar-refractivity contribution in [3.05, 3.63) is 35.9 Å². The predicted octanol–water partition coefficient (Wildman–Crippen LogP) is 2.97. The zero-order chi connectivity index (χ0) is 12.0. The predicted molar refractivity (Wildman–Crippen MR) is 66.7 cm³/mol. The first-order valence-electron chi connectivity index (χ1n) is 5.54. The number of hydrogen-bond donors (Lipinski definition) is 1. The van der Waals surface area contributed by atoms with Gasteiger partial charge in [-0.2, -0.15) is 0 Å². The van der Waals surface area contributed by atoms with Gasteiger partial charge in [0.1, 0.15) is 5.60 Å². The summed E-state index contributed by atoms with van der Waals surface area (Å²) >= 11 is 6.01. The zero-order valence-corrected chi connectivity index (χ0v) is 10.6. The molecule has 0 spiro atoms. The summed E-state index contributed by atoms with van der Waals surface area (Å²) < 4.78 is 5.47. The van der Waals surface area contributed by atoms with E-state index in [0.717, 1.165) is 12.0 Å². The fourth-order valence-electron chi connectivity index (χ4n) is 1.48. The van der Waals surface area contributed by atoms with E-state index < -0.39 is 5.60 Å². The molecular formula is C13H19ClO2. The lowest BCUT2D eigenvalue weighted by molar-refractivity contribution is -0.0419. The molecule has 2 atom stereocenters. The second-order valence-electron chi connectivity index (χ2n) is 4.21. The molecule has 0 heterocycles. The number of halogens is 1. The third-order valence-electron chi connectivity index (χ3n) is 2.54. The Bertz CT molecular complexity index is 298. The zero-order valence-electron chi connectivity index (χ0n) is 9.82. The van der Waals surface area contributed by atoms with Crippen LogP contribution in [-0.2, 0) is 11.3 Å². The van der Waals surface area contributed by atoms with Gasteiger partial charge >= 0.3 is 0 Å². The van der Waals surface area contributed by atoms with E-state index in [2.05, 4.69) is 0 Å². The number of aliphatic hydroxyl groups is 1. The van der Waals surface area contributed by atoms with E-state index in [1.807, 2.05) is 37.3 Å². The second-order valence-corrected chi connectivity index (χ2v) is 4.74. The van der Waals surface area contributed by atoms with Crippen LogP contribution in [0.3, 0.4) is 0 Å². The van der Waals surface area contributed by atoms with Crippen molar-refractivity contribution in [3.8, 4) is 0 Å². The lowest BCUT2D eigenvalue weighted by atomic mass is 10.0. The summed E-state index contributed by atoms with van der Waals surface area (Å²) in [5, 5.41) is 9.73. The van der Waals surface area contributed by atoms with E-state index in [1.54, 1.807) is 6.92 Å². The Morgan fingerprint density at radius 1 is 1.38 bits per heavy atom. The first-order valence-corrected chi connectivity index (χ1v) is 5.98. The third-order valence-corrected chi connectivity index (χ3v) is 3.32. The molecule has 1 N–H and O–H groups in total. The molecule has 90 valence electrons. The van der Waals surface area contributed by atoms with Crippen LogP contribution in [-0.4, -0.2) is 22.7 Å². The minimum atomic E-state index is -0.967. The average molecular weight is 243 g/mol. The first-order chi connectivity index (χ1) is 7.56. The van der Waals surface area contributed by atoms with Crippen molar-refractivity contribution >= 4 is 11.6 Å². The number of rotatable bonds is 6. The van der Waals surface area contributed by atoms with Crippen molar-refractivity contribution in [3.63, 3.8) is 0 Å². The van der Waals surface area contributed by atoms with Gasteiger partial charge in [-0.15, -0.1) is 11.6 Å². The van der Waals surface area contributed by atoms with Crippen LogP contribution in [0.15, 0.2) is 30.3 Å². The van der Waals surface area contributed by atoms with Gasteiger partial charge in [0.05, 0.1) is 18.6 Å². The molecule has 2 nitrogen and oxygen atoms in total. The highest BCUT2D eigenvalue weighted by Gasteiger charge is 2.29. The van der Waals surface area contributed by atoms with E-state index in [-0.39, 0.29) is 12.0 Å². The second kappa shape index (κ2) is 6.24. The van der Waals surface area contributed by atoms with Crippen LogP contribution in [0.25, 0.3) is 0 Å². The summed E-state index contributed by atoms with van der Waals surface area (Å²) in [4.78, 5) is 0. The third kappa shape index (κ3) is 4.12. The average Bonchev–Trinajstić information content (AvgIpc) is 2.29. The van der Waals surface area contributed by atoms with E-state index in [0.29, 0.717) is 6.61 Å². The summed E-state index contributed by atoms with van der Waals surface area (Å²) in [6.07, 6.45) is 0.725. The number of hydrogen-bond acceptors (Lipinski definition) is 2. The van der Waals surface area contributed by atoms with E-state index in [4.69, 9.17) is 16.3 Å². The van der Waals surface area contributed by atoms with Crippen molar-refractivity contribution in [2.45, 2.75) is 37.9 Å². The molecule has 0 saturated heterocycles. The molecule has 3 heteroatoms. The highest BCUT2D eigenvalue weighted by atomic mass is 35.5. The molecule has 0 saturated carbocycles. The fourth-order valence-corrected chi connectivity index (χ4v) is 1.54. The normalized spacial score (nSPS) is 16.8. The van der Waals surface area contributed by atoms with Crippen molar-refractivity contribution in [2.75, 3.05) is 6.61 Å². The maximum Gasteiger partial charge on any atom is 0.101 e. The van der Waals surface area contributed by atoms with Gasteiger partial charge in [0.2, 0.25) is 0 Å². The minimum Gasteiger partial charge on any atom is -0.386 e. The van der Waals surface area contributed by atoms with E-state index in [1.165, 1.54) is 0 Å². The minimum absolute atomic E-state index is 0.254. The SMILES string of the molecule is CC[C@@H](Cl)[C@@](C)(O)COCc1ccccc1. The van der Waals surface area contributed by atoms with Crippen molar-refractivity contribution in [1.82, 2.24) is 0 Å². The van der Waals surface area contributed by atoms with E-state index in [9.17, 15) is 5.11 Å². The van der Waals surface area contributed by atoms with Gasteiger partial charge in [0, 0.05) is 0 Å². The fraction of sp³-hybridized carbons (Fsp3) is 0.538. The number of benzene rings is 1. The largest absolute Gasteiger partial charge is 0.386 e. The van der Waals surface area contributed by atoms with Crippen LogP contribution >= 0.6 is 11.6 Å². The van der Waals surface area contributed by atoms with Gasteiger partial charge in [0.25, 0.3) is 0 Å². The Balaban J connectivity index is 2.35. The van der Waals surface area contributed by atoms with Gasteiger partial charge in [-0.3, -0.25) is 0 Å². The van der Waals surface area contributed by atoms with Crippen LogP contribution in [0.1, 0.15) is 25.8 Å². The Kier molecular flexibility index (Phi) is 5.26. The Hall–Kier alpha value is -0.570. The maximum absolute atomic E-state index is 10.0. The summed E-state index contributed by atoms with van der Waals surface area (Å²) in [5.41, 5.74) is 0.131. The smallest absolute Gasteiger partial charge is 0.101 e. The molecule has 0 bridgehead atoms. The molecule has 0 aliphatic heterocycles. The molecule has 0 fully saturated rings. The van der Waals surface area contributed by atoms with Gasteiger partial charge in [-0.1, -0.05) is 37.3 Å². The van der Waals surface area contributed by atoms with Gasteiger partial charge in [0.15, 0.2) is 0 Å². The first kappa shape index (κ1) is 13.5. The lowest BCUT2D eigenvalue weighted by Crippen LogP contribution is -2.40. The molecule has 16 heavy (non-hydrogen) atoms. The van der Waals surface area contributed by atoms with Crippen LogP contribution < -0.4 is 0 Å². The van der Waals surface area contributed by atoms with Crippen LogP contribution in [0, 0.1) is 0 Å². The highest BCUT2D eigenvalue weighted by molar-refractivity contribution is 6.21. The quantitative estimate of drug-likeness (QED) is 0.778. The van der Waals surface area contributed by atoms with Gasteiger partial charge < -0.3 is 9.84 Å². The molecule has 0 aliphatic rings. The molecule has 0 unspecified atom stereocenters. The molecule has 1 aromatic rings. The number of ether oxygens (including phenoxy) is 1. The highest BCUT2D eigenvalue weighted by Crippen LogP contribution is 2.19. The Labute approximate surface area is 102 Å². The number of alkyl halides is 1. The maximum atomic E-state index is 10.0. The Morgan fingerprint density at radius 2 is 2.00 bits per heavy atom. The monoisotopic (exact) mass is 242 g/mol. The molecule has 1 rings (SSSR count). The Morgan fingerprint density at radius 3 is 2.56 bits per heavy atom. The topological polar surface area (TPSA) is 29.5 Å². The van der Waals surface area contributed by atoms with Crippen molar-refractivity contribution in [1.29, 1.82) is 0 Å². The molecule has 0 radical (unpaired) electrons. The summed E-state index contributed by atoms with van der Waals surface area (Å²) in [7, 11) is 0. The van der Waals surface area contributed by atoms with Crippen LogP contribution in [0.4, 0.5) is 0 Å². The molecule has 0 amide bonds. The summed E-state index contributed by atoms with van der Waals surface area (Å²) in [6, 6.07) is 9.88. The molecule has 0 aliphatic carbocycles. The van der Waals surface area contributed by atoms with Crippen LogP contribution in [0.2, 0.25) is 0 Å². The summed E-state index contributed by atoms with van der Waals surface area (Å²) in [5.74, 6) is 0. The molecule has 1 aromatic carbocycles. The van der Waals surface area contributed by atoms with Gasteiger partial charge in [-0.05, 0) is 18.9 Å². The molecule has 0 aromatic heterocycles. The van der Waals surface area contributed by atoms with Crippen molar-refractivity contribution in [2.24, 2.45) is 0 Å². The van der Waals surface area contributed by atoms with E-state index >= 15 is 0 Å². The lowest BCUT2D eigenvalue weighted by Gasteiger charge is -2.27. The van der Waals surface area contributed by atoms with Gasteiger partial charge in [-0.25, -0.2) is 0 Å².